The summed E-state index contributed by atoms with van der Waals surface area (Å²) >= 11 is 1.34. The summed E-state index contributed by atoms with van der Waals surface area (Å²) in [4.78, 5) is 84.7. The summed E-state index contributed by atoms with van der Waals surface area (Å²) in [5.41, 5.74) is -6.48. The third kappa shape index (κ3) is 8.39. The SMILES string of the molecule is CSCOC1C[C@H]2OC[C@@]2(OC(C)=O)[C@H]2[C@H](OC(=O)c3ccccc3)[C@]3(O)C[C@H](OC(=O)[C@H](O)[C@@H](NC(=O)c4ccccc4)c4ccccc4)C(C)=C([C@@H](OC(C)=O)C(=O)[C@]12C)C3(C)C. The third-order valence-corrected chi connectivity index (χ3v) is 14.2. The molecule has 346 valence electrons. The van der Waals surface area contributed by atoms with Gasteiger partial charge in [0.1, 0.15) is 23.9 Å². The van der Waals surface area contributed by atoms with Crippen molar-refractivity contribution >= 4 is 47.3 Å². The molecule has 1 unspecified atom stereocenters. The Morgan fingerprint density at radius 3 is 2.02 bits per heavy atom. The molecule has 1 saturated heterocycles. The second-order valence-corrected chi connectivity index (χ2v) is 18.7. The lowest BCUT2D eigenvalue weighted by molar-refractivity contribution is -0.347. The molecule has 65 heavy (non-hydrogen) atoms. The van der Waals surface area contributed by atoms with Gasteiger partial charge in [-0.25, -0.2) is 9.59 Å². The van der Waals surface area contributed by atoms with Gasteiger partial charge in [-0.15, -0.1) is 11.8 Å². The Kier molecular flexibility index (Phi) is 13.5. The maximum Gasteiger partial charge on any atom is 0.338 e. The van der Waals surface area contributed by atoms with Crippen LogP contribution >= 0.6 is 11.8 Å². The minimum absolute atomic E-state index is 0.0418. The number of carbonyl (C=O) groups is 6. The molecule has 11 atom stereocenters. The van der Waals surface area contributed by atoms with E-state index < -0.39 is 113 Å². The summed E-state index contributed by atoms with van der Waals surface area (Å²) in [5.74, 6) is -6.28. The molecule has 15 nitrogen and oxygen atoms in total. The van der Waals surface area contributed by atoms with Gasteiger partial charge in [0.15, 0.2) is 23.6 Å². The number of benzene rings is 3. The predicted molar refractivity (Wildman–Crippen MR) is 235 cm³/mol. The van der Waals surface area contributed by atoms with E-state index in [-0.39, 0.29) is 41.2 Å². The van der Waals surface area contributed by atoms with E-state index >= 15 is 4.79 Å². The van der Waals surface area contributed by atoms with Crippen molar-refractivity contribution in [2.45, 2.75) is 108 Å². The molecule has 7 rings (SSSR count). The van der Waals surface area contributed by atoms with Gasteiger partial charge in [-0.3, -0.25) is 19.2 Å². The van der Waals surface area contributed by atoms with Gasteiger partial charge < -0.3 is 44.0 Å². The highest BCUT2D eigenvalue weighted by molar-refractivity contribution is 7.98. The monoisotopic (exact) mass is 913 g/mol. The molecule has 1 heterocycles. The molecule has 3 fully saturated rings. The summed E-state index contributed by atoms with van der Waals surface area (Å²) in [6.45, 7) is 8.45. The van der Waals surface area contributed by atoms with Gasteiger partial charge in [0.25, 0.3) is 5.91 Å². The van der Waals surface area contributed by atoms with Crippen LogP contribution in [0.2, 0.25) is 0 Å². The second kappa shape index (κ2) is 18.5. The highest BCUT2D eigenvalue weighted by Crippen LogP contribution is 2.65. The maximum atomic E-state index is 15.9. The number of Topliss-reactive ketones (excluding diaryl/α,β-unsaturated/α-hetero) is 1. The first-order chi connectivity index (χ1) is 30.8. The molecule has 16 heteroatoms. The standard InChI is InChI=1S/C49H55NO14S/c1-27-33(62-45(57)38(53)37(30-17-11-8-12-18-30)50-43(55)31-19-13-9-14-20-31)24-49(58)42(63-44(56)32-21-15-10-16-22-32)40-47(6,41(54)39(61-28(2)51)36(27)46(49,4)5)34(60-26-65-7)23-35-48(40,25-59-35)64-29(3)52/h8-22,33-35,37-40,42,53,58H,23-26H2,1-7H3,(H,50,55)/t33-,34?,35+,37-,38+,39+,40-,42-,47+,48-,49+/m0/s1. The molecule has 0 aromatic heterocycles. The lowest BCUT2D eigenvalue weighted by Gasteiger charge is -2.67. The zero-order valence-corrected chi connectivity index (χ0v) is 38.1. The predicted octanol–water partition coefficient (Wildman–Crippen LogP) is 5.08. The van der Waals surface area contributed by atoms with Crippen LogP contribution in [0.3, 0.4) is 0 Å². The number of aliphatic hydroxyl groups excluding tert-OH is 1. The number of ketones is 1. The number of nitrogens with one attached hydrogen (secondary N) is 1. The molecule has 2 saturated carbocycles. The number of hydrogen-bond acceptors (Lipinski definition) is 15. The fourth-order valence-corrected chi connectivity index (χ4v) is 10.9. The van der Waals surface area contributed by atoms with Crippen molar-refractivity contribution in [3.63, 3.8) is 0 Å². The summed E-state index contributed by atoms with van der Waals surface area (Å²) < 4.78 is 37.5. The number of amides is 1. The van der Waals surface area contributed by atoms with Crippen LogP contribution in [-0.4, -0.2) is 112 Å². The summed E-state index contributed by atoms with van der Waals surface area (Å²) in [5, 5.41) is 28.5. The highest BCUT2D eigenvalue weighted by Gasteiger charge is 2.78. The Balaban J connectivity index is 1.41. The molecule has 3 aromatic rings. The lowest BCUT2D eigenvalue weighted by atomic mass is 9.44. The minimum atomic E-state index is -2.34. The Bertz CT molecular complexity index is 2340. The Morgan fingerprint density at radius 1 is 0.862 bits per heavy atom. The largest absolute Gasteiger partial charge is 0.456 e. The van der Waals surface area contributed by atoms with E-state index in [1.54, 1.807) is 113 Å². The summed E-state index contributed by atoms with van der Waals surface area (Å²) in [6.07, 6.45) is -7.55. The zero-order chi connectivity index (χ0) is 47.1. The van der Waals surface area contributed by atoms with E-state index in [4.69, 9.17) is 28.4 Å². The Morgan fingerprint density at radius 2 is 1.46 bits per heavy atom. The van der Waals surface area contributed by atoms with E-state index in [1.807, 2.05) is 0 Å². The highest BCUT2D eigenvalue weighted by atomic mass is 32.2. The molecule has 3 aromatic carbocycles. The first-order valence-corrected chi connectivity index (χ1v) is 22.8. The van der Waals surface area contributed by atoms with Crippen LogP contribution in [0.5, 0.6) is 0 Å². The quantitative estimate of drug-likeness (QED) is 0.0884. The van der Waals surface area contributed by atoms with Crippen molar-refractivity contribution < 1.29 is 67.4 Å². The van der Waals surface area contributed by atoms with Gasteiger partial charge >= 0.3 is 23.9 Å². The van der Waals surface area contributed by atoms with Crippen LogP contribution in [0, 0.1) is 16.7 Å². The molecule has 2 bridgehead atoms. The van der Waals surface area contributed by atoms with Crippen LogP contribution in [-0.2, 0) is 47.6 Å². The van der Waals surface area contributed by atoms with E-state index in [0.29, 0.717) is 5.56 Å². The van der Waals surface area contributed by atoms with Crippen molar-refractivity contribution in [1.29, 1.82) is 0 Å². The van der Waals surface area contributed by atoms with Gasteiger partial charge in [-0.2, -0.15) is 0 Å². The number of fused-ring (bicyclic) bond motifs is 5. The number of esters is 4. The van der Waals surface area contributed by atoms with Gasteiger partial charge in [0.05, 0.1) is 41.6 Å². The van der Waals surface area contributed by atoms with E-state index in [1.165, 1.54) is 30.8 Å². The van der Waals surface area contributed by atoms with Crippen molar-refractivity contribution in [2.75, 3.05) is 18.8 Å². The van der Waals surface area contributed by atoms with E-state index in [9.17, 15) is 34.2 Å². The van der Waals surface area contributed by atoms with Crippen LogP contribution in [0.4, 0.5) is 0 Å². The fourth-order valence-electron chi connectivity index (χ4n) is 10.6. The van der Waals surface area contributed by atoms with Crippen molar-refractivity contribution in [2.24, 2.45) is 16.7 Å². The summed E-state index contributed by atoms with van der Waals surface area (Å²) in [7, 11) is 0. The average molecular weight is 914 g/mol. The van der Waals surface area contributed by atoms with Crippen LogP contribution in [0.1, 0.15) is 86.7 Å². The minimum Gasteiger partial charge on any atom is -0.456 e. The molecule has 1 amide bonds. The molecule has 4 aliphatic rings. The molecule has 1 aliphatic heterocycles. The number of carbonyl (C=O) groups excluding carboxylic acids is 6. The molecule has 0 spiro atoms. The number of hydrogen-bond donors (Lipinski definition) is 3. The van der Waals surface area contributed by atoms with Crippen molar-refractivity contribution in [1.82, 2.24) is 5.32 Å². The smallest absolute Gasteiger partial charge is 0.338 e. The first kappa shape index (κ1) is 47.6. The molecular formula is C49H55NO14S. The molecular weight excluding hydrogens is 859 g/mol. The van der Waals surface area contributed by atoms with Gasteiger partial charge in [0, 0.05) is 37.7 Å². The number of ether oxygens (including phenoxy) is 6. The topological polar surface area (TPSA) is 210 Å². The third-order valence-electron chi connectivity index (χ3n) is 13.8. The van der Waals surface area contributed by atoms with E-state index in [2.05, 4.69) is 5.32 Å². The maximum absolute atomic E-state index is 15.9. The van der Waals surface area contributed by atoms with Crippen LogP contribution < -0.4 is 5.32 Å². The zero-order valence-electron chi connectivity index (χ0n) is 37.3. The second-order valence-electron chi connectivity index (χ2n) is 17.9. The van der Waals surface area contributed by atoms with Crippen LogP contribution in [0.15, 0.2) is 102 Å². The van der Waals surface area contributed by atoms with Crippen molar-refractivity contribution in [3.8, 4) is 0 Å². The lowest BCUT2D eigenvalue weighted by Crippen LogP contribution is -2.82. The van der Waals surface area contributed by atoms with Gasteiger partial charge in [0.2, 0.25) is 0 Å². The number of aliphatic hydroxyl groups is 2. The van der Waals surface area contributed by atoms with Crippen molar-refractivity contribution in [3.05, 3.63) is 119 Å². The van der Waals surface area contributed by atoms with Gasteiger partial charge in [-0.05, 0) is 61.1 Å². The molecule has 3 N–H and O–H groups in total. The Labute approximate surface area is 381 Å². The summed E-state index contributed by atoms with van der Waals surface area (Å²) in [6, 6.07) is 23.2. The first-order valence-electron chi connectivity index (χ1n) is 21.4. The van der Waals surface area contributed by atoms with Crippen LogP contribution in [0.25, 0.3) is 0 Å². The molecule has 3 aliphatic carbocycles. The number of rotatable bonds is 13. The normalized spacial score (nSPS) is 30.9. The molecule has 0 radical (unpaired) electrons. The Hall–Kier alpha value is -5.39. The van der Waals surface area contributed by atoms with Gasteiger partial charge in [-0.1, -0.05) is 80.6 Å². The fraction of sp³-hybridized carbons (Fsp3) is 0.469. The van der Waals surface area contributed by atoms with E-state index in [0.717, 1.165) is 6.92 Å². The number of thioether (sulfide) groups is 1. The average Bonchev–Trinajstić information content (AvgIpc) is 3.27.